The van der Waals surface area contributed by atoms with E-state index in [2.05, 4.69) is 27.2 Å². The summed E-state index contributed by atoms with van der Waals surface area (Å²) in [7, 11) is 0. The number of carbonyl (C=O) groups is 1. The Bertz CT molecular complexity index is 1120. The average Bonchev–Trinajstić information content (AvgIpc) is 3.00. The number of carbonyl (C=O) groups excluding carboxylic acids is 1. The maximum Gasteiger partial charge on any atom is 0.352 e. The van der Waals surface area contributed by atoms with Crippen LogP contribution in [-0.4, -0.2) is 38.2 Å². The maximum absolute atomic E-state index is 13.2. The number of hydrogen-bond donors (Lipinski definition) is 1. The molecule has 10 heteroatoms. The quantitative estimate of drug-likeness (QED) is 0.704. The summed E-state index contributed by atoms with van der Waals surface area (Å²) in [5, 5.41) is 6.65. The molecule has 2 aromatic heterocycles. The van der Waals surface area contributed by atoms with Crippen LogP contribution in [-0.2, 0) is 11.3 Å². The molecule has 1 fully saturated rings. The van der Waals surface area contributed by atoms with Crippen LogP contribution in [0.3, 0.4) is 0 Å². The van der Waals surface area contributed by atoms with E-state index in [1.807, 2.05) is 0 Å². The van der Waals surface area contributed by atoms with Crippen LogP contribution < -0.4 is 15.9 Å². The van der Waals surface area contributed by atoms with Gasteiger partial charge in [0, 0.05) is 25.0 Å². The van der Waals surface area contributed by atoms with Crippen molar-refractivity contribution < 1.29 is 9.18 Å². The van der Waals surface area contributed by atoms with E-state index >= 15 is 0 Å². The molecule has 152 valence electrons. The Kier molecular flexibility index (Phi) is 5.23. The Hall–Kier alpha value is -2.94. The number of hydrogen-bond acceptors (Lipinski definition) is 5. The van der Waals surface area contributed by atoms with E-state index in [-0.39, 0.29) is 17.3 Å². The average molecular weight is 419 g/mol. The van der Waals surface area contributed by atoms with Crippen molar-refractivity contribution >= 4 is 34.8 Å². The van der Waals surface area contributed by atoms with Gasteiger partial charge in [-0.15, -0.1) is 5.10 Å². The van der Waals surface area contributed by atoms with Gasteiger partial charge >= 0.3 is 5.69 Å². The van der Waals surface area contributed by atoms with E-state index in [4.69, 9.17) is 11.6 Å². The number of nitrogens with zero attached hydrogens (tertiary/aromatic N) is 5. The van der Waals surface area contributed by atoms with Gasteiger partial charge in [-0.3, -0.25) is 4.79 Å². The van der Waals surface area contributed by atoms with Gasteiger partial charge < -0.3 is 10.2 Å². The maximum atomic E-state index is 13.2. The Balaban J connectivity index is 1.51. The Morgan fingerprint density at radius 1 is 1.31 bits per heavy atom. The number of rotatable bonds is 4. The number of aromatic nitrogens is 4. The van der Waals surface area contributed by atoms with Crippen LogP contribution >= 0.6 is 11.6 Å². The van der Waals surface area contributed by atoms with Crippen LogP contribution in [0.15, 0.2) is 35.3 Å². The monoisotopic (exact) mass is 418 g/mol. The molecule has 0 unspecified atom stereocenters. The van der Waals surface area contributed by atoms with Gasteiger partial charge in [0.2, 0.25) is 5.91 Å². The second-order valence-electron chi connectivity index (χ2n) is 7.24. The molecule has 0 spiro atoms. The molecule has 0 bridgehead atoms. The third-order valence-electron chi connectivity index (χ3n) is 5.04. The summed E-state index contributed by atoms with van der Waals surface area (Å²) < 4.78 is 15.6. The molecule has 1 aliphatic heterocycles. The molecule has 29 heavy (non-hydrogen) atoms. The highest BCUT2D eigenvalue weighted by molar-refractivity contribution is 6.31. The molecule has 0 atom stereocenters. The molecule has 1 saturated heterocycles. The fraction of sp³-hybridized carbons (Fsp3) is 0.368. The number of amides is 1. The molecule has 0 aliphatic carbocycles. The lowest BCUT2D eigenvalue weighted by Crippen LogP contribution is -2.33. The van der Waals surface area contributed by atoms with Crippen LogP contribution in [0.2, 0.25) is 5.02 Å². The highest BCUT2D eigenvalue weighted by Gasteiger charge is 2.19. The van der Waals surface area contributed by atoms with Crippen molar-refractivity contribution in [3.05, 3.63) is 51.8 Å². The van der Waals surface area contributed by atoms with Gasteiger partial charge in [-0.05, 0) is 43.0 Å². The van der Waals surface area contributed by atoms with Crippen molar-refractivity contribution in [2.45, 2.75) is 26.3 Å². The lowest BCUT2D eigenvalue weighted by molar-refractivity contribution is -0.117. The van der Waals surface area contributed by atoms with Gasteiger partial charge in [0.25, 0.3) is 5.78 Å². The van der Waals surface area contributed by atoms with Crippen molar-refractivity contribution in [3.63, 3.8) is 0 Å². The highest BCUT2D eigenvalue weighted by atomic mass is 35.5. The summed E-state index contributed by atoms with van der Waals surface area (Å²) in [6, 6.07) is 5.63. The van der Waals surface area contributed by atoms with E-state index in [1.165, 1.54) is 16.5 Å². The molecule has 4 rings (SSSR count). The molecular formula is C19H20ClFN6O2. The predicted molar refractivity (Wildman–Crippen MR) is 108 cm³/mol. The molecule has 3 heterocycles. The lowest BCUT2D eigenvalue weighted by atomic mass is 9.99. The molecule has 1 amide bonds. The molecule has 1 N–H and O–H groups in total. The van der Waals surface area contributed by atoms with Gasteiger partial charge in [-0.25, -0.2) is 18.3 Å². The fourth-order valence-corrected chi connectivity index (χ4v) is 3.50. The molecule has 1 aliphatic rings. The normalized spacial score (nSPS) is 15.1. The summed E-state index contributed by atoms with van der Waals surface area (Å²) in [4.78, 5) is 31.4. The zero-order valence-electron chi connectivity index (χ0n) is 15.8. The number of piperidine rings is 1. The van der Waals surface area contributed by atoms with E-state index in [0.717, 1.165) is 42.5 Å². The van der Waals surface area contributed by atoms with Crippen LogP contribution in [0.5, 0.6) is 0 Å². The highest BCUT2D eigenvalue weighted by Crippen LogP contribution is 2.21. The van der Waals surface area contributed by atoms with E-state index in [0.29, 0.717) is 11.6 Å². The van der Waals surface area contributed by atoms with Crippen LogP contribution in [0.1, 0.15) is 19.8 Å². The first-order valence-corrected chi connectivity index (χ1v) is 9.74. The van der Waals surface area contributed by atoms with Crippen molar-refractivity contribution in [3.8, 4) is 0 Å². The predicted octanol–water partition coefficient (Wildman–Crippen LogP) is 2.56. The first kappa shape index (κ1) is 19.4. The largest absolute Gasteiger partial charge is 0.356 e. The minimum absolute atomic E-state index is 0.100. The van der Waals surface area contributed by atoms with Gasteiger partial charge in [0.05, 0.1) is 5.02 Å². The minimum atomic E-state index is -0.578. The molecule has 0 saturated carbocycles. The number of benzene rings is 1. The molecule has 1 aromatic carbocycles. The van der Waals surface area contributed by atoms with Gasteiger partial charge in [-0.1, -0.05) is 18.5 Å². The van der Waals surface area contributed by atoms with E-state index < -0.39 is 17.4 Å². The number of fused-ring (bicyclic) bond motifs is 1. The van der Waals surface area contributed by atoms with Crippen LogP contribution in [0.4, 0.5) is 15.9 Å². The first-order chi connectivity index (χ1) is 13.9. The third kappa shape index (κ3) is 4.09. The Morgan fingerprint density at radius 2 is 2.07 bits per heavy atom. The summed E-state index contributed by atoms with van der Waals surface area (Å²) >= 11 is 5.71. The van der Waals surface area contributed by atoms with Crippen LogP contribution in [0, 0.1) is 11.7 Å². The van der Waals surface area contributed by atoms with Gasteiger partial charge in [-0.2, -0.15) is 4.98 Å². The number of nitrogens with one attached hydrogen (secondary N) is 1. The topological polar surface area (TPSA) is 84.5 Å². The van der Waals surface area contributed by atoms with Gasteiger partial charge in [0.15, 0.2) is 0 Å². The zero-order valence-corrected chi connectivity index (χ0v) is 16.6. The second-order valence-corrected chi connectivity index (χ2v) is 7.65. The van der Waals surface area contributed by atoms with Gasteiger partial charge in [0.1, 0.15) is 18.2 Å². The lowest BCUT2D eigenvalue weighted by Gasteiger charge is -2.30. The summed E-state index contributed by atoms with van der Waals surface area (Å²) in [6.07, 6.45) is 3.82. The SMILES string of the molecule is CC1CCN(c2ccn3c(=O)n(CC(=O)Nc4ccc(F)c(Cl)c4)nc3n2)CC1. The van der Waals surface area contributed by atoms with E-state index in [1.54, 1.807) is 12.3 Å². The number of anilines is 2. The van der Waals surface area contributed by atoms with Crippen molar-refractivity contribution in [2.75, 3.05) is 23.3 Å². The van der Waals surface area contributed by atoms with Crippen molar-refractivity contribution in [1.82, 2.24) is 19.2 Å². The molecule has 0 radical (unpaired) electrons. The van der Waals surface area contributed by atoms with Crippen LogP contribution in [0.25, 0.3) is 5.78 Å². The fourth-order valence-electron chi connectivity index (χ4n) is 3.32. The van der Waals surface area contributed by atoms with E-state index in [9.17, 15) is 14.0 Å². The molecule has 3 aromatic rings. The smallest absolute Gasteiger partial charge is 0.352 e. The standard InChI is InChI=1S/C19H20ClFN6O2/c1-12-4-7-25(8-5-12)16-6-9-26-18(23-16)24-27(19(26)29)11-17(28)22-13-2-3-15(21)14(20)10-13/h2-3,6,9-10,12H,4-5,7-8,11H2,1H3,(H,22,28). The molecular weight excluding hydrogens is 399 g/mol. The Morgan fingerprint density at radius 3 is 2.79 bits per heavy atom. The van der Waals surface area contributed by atoms with Crippen molar-refractivity contribution in [2.24, 2.45) is 5.92 Å². The second kappa shape index (κ2) is 7.82. The minimum Gasteiger partial charge on any atom is -0.356 e. The van der Waals surface area contributed by atoms with Crippen molar-refractivity contribution in [1.29, 1.82) is 0 Å². The third-order valence-corrected chi connectivity index (χ3v) is 5.33. The number of halogens is 2. The summed E-state index contributed by atoms with van der Waals surface area (Å²) in [6.45, 7) is 3.77. The summed E-state index contributed by atoms with van der Waals surface area (Å²) in [5.74, 6) is 0.650. The summed E-state index contributed by atoms with van der Waals surface area (Å²) in [5.41, 5.74) is -0.128. The first-order valence-electron chi connectivity index (χ1n) is 9.37. The zero-order chi connectivity index (χ0) is 20.5. The molecule has 8 nitrogen and oxygen atoms in total. The Labute approximate surface area is 170 Å².